The van der Waals surface area contributed by atoms with Gasteiger partial charge in [0.05, 0.1) is 10.3 Å². The number of nitrogens with zero attached hydrogens (tertiary/aromatic N) is 1. The van der Waals surface area contributed by atoms with E-state index in [1.165, 1.54) is 37.0 Å². The largest absolute Gasteiger partial charge is 0.350 e. The highest BCUT2D eigenvalue weighted by molar-refractivity contribution is 7.21. The monoisotopic (exact) mass is 383 g/mol. The van der Waals surface area contributed by atoms with E-state index in [1.54, 1.807) is 6.07 Å². The van der Waals surface area contributed by atoms with Crippen LogP contribution in [0.2, 0.25) is 0 Å². The quantitative estimate of drug-likeness (QED) is 0.723. The highest BCUT2D eigenvalue weighted by atomic mass is 32.1. The molecule has 2 aromatic heterocycles. The highest BCUT2D eigenvalue weighted by Crippen LogP contribution is 2.30. The molecule has 1 fully saturated rings. The zero-order valence-electron chi connectivity index (χ0n) is 15.6. The van der Waals surface area contributed by atoms with Crippen molar-refractivity contribution in [1.29, 1.82) is 0 Å². The molecule has 2 N–H and O–H groups in total. The van der Waals surface area contributed by atoms with E-state index in [9.17, 15) is 9.59 Å². The number of H-pyrrole nitrogens is 1. The number of thiophene rings is 1. The minimum atomic E-state index is -0.138. The fourth-order valence-corrected chi connectivity index (χ4v) is 4.89. The molecule has 5 nitrogen and oxygen atoms in total. The first-order chi connectivity index (χ1) is 13.1. The Balaban J connectivity index is 1.52. The lowest BCUT2D eigenvalue weighted by Gasteiger charge is -2.19. The number of hydrogen-bond acceptors (Lipinski definition) is 4. The number of hydrogen-bond donors (Lipinski definition) is 2. The zero-order valence-corrected chi connectivity index (χ0v) is 16.5. The topological polar surface area (TPSA) is 65.2 Å². The van der Waals surface area contributed by atoms with Gasteiger partial charge in [-0.05, 0) is 51.1 Å². The molecular weight excluding hydrogens is 358 g/mol. The number of pyridine rings is 1. The second-order valence-corrected chi connectivity index (χ2v) is 8.42. The Morgan fingerprint density at radius 2 is 1.93 bits per heavy atom. The third-order valence-electron chi connectivity index (χ3n) is 5.28. The van der Waals surface area contributed by atoms with Gasteiger partial charge in [-0.25, -0.2) is 0 Å². The summed E-state index contributed by atoms with van der Waals surface area (Å²) in [6, 6.07) is 7.69. The first-order valence-corrected chi connectivity index (χ1v) is 10.5. The molecule has 27 heavy (non-hydrogen) atoms. The van der Waals surface area contributed by atoms with Gasteiger partial charge in [-0.2, -0.15) is 0 Å². The minimum absolute atomic E-state index is 0.0915. The molecule has 0 aliphatic carbocycles. The Morgan fingerprint density at radius 3 is 2.70 bits per heavy atom. The molecule has 0 spiro atoms. The molecule has 0 unspecified atom stereocenters. The number of aromatic nitrogens is 1. The van der Waals surface area contributed by atoms with Crippen LogP contribution < -0.4 is 10.9 Å². The van der Waals surface area contributed by atoms with Gasteiger partial charge in [0, 0.05) is 28.7 Å². The maximum atomic E-state index is 12.6. The SMILES string of the molecule is Cc1ccc2[nH]c(=O)c3cc(C(=O)NCCN4CCCCCC4)sc3c2c1. The van der Waals surface area contributed by atoms with Gasteiger partial charge in [0.25, 0.3) is 11.5 Å². The molecule has 3 aromatic rings. The summed E-state index contributed by atoms with van der Waals surface area (Å²) in [6.45, 7) is 5.81. The van der Waals surface area contributed by atoms with Gasteiger partial charge in [0.15, 0.2) is 0 Å². The van der Waals surface area contributed by atoms with E-state index in [0.29, 0.717) is 16.8 Å². The van der Waals surface area contributed by atoms with Crippen molar-refractivity contribution in [2.45, 2.75) is 32.6 Å². The lowest BCUT2D eigenvalue weighted by atomic mass is 10.1. The number of carbonyl (C=O) groups is 1. The van der Waals surface area contributed by atoms with E-state index < -0.39 is 0 Å². The number of amides is 1. The predicted molar refractivity (Wildman–Crippen MR) is 112 cm³/mol. The summed E-state index contributed by atoms with van der Waals surface area (Å²) in [4.78, 5) is 30.9. The van der Waals surface area contributed by atoms with Crippen molar-refractivity contribution in [3.05, 3.63) is 45.1 Å². The van der Waals surface area contributed by atoms with Crippen LogP contribution in [0.1, 0.15) is 40.9 Å². The van der Waals surface area contributed by atoms with Crippen molar-refractivity contribution < 1.29 is 4.79 Å². The normalized spacial score (nSPS) is 15.9. The summed E-state index contributed by atoms with van der Waals surface area (Å²) in [6.07, 6.45) is 5.12. The number of likely N-dealkylation sites (tertiary alicyclic amines) is 1. The Hall–Kier alpha value is -2.18. The van der Waals surface area contributed by atoms with Gasteiger partial charge in [-0.3, -0.25) is 9.59 Å². The van der Waals surface area contributed by atoms with Gasteiger partial charge >= 0.3 is 0 Å². The molecule has 3 heterocycles. The van der Waals surface area contributed by atoms with E-state index >= 15 is 0 Å². The maximum Gasteiger partial charge on any atom is 0.261 e. The Labute approximate surface area is 162 Å². The maximum absolute atomic E-state index is 12.6. The van der Waals surface area contributed by atoms with E-state index in [2.05, 4.69) is 21.3 Å². The van der Waals surface area contributed by atoms with Crippen molar-refractivity contribution >= 4 is 38.2 Å². The summed E-state index contributed by atoms with van der Waals surface area (Å²) < 4.78 is 0.884. The van der Waals surface area contributed by atoms with Crippen molar-refractivity contribution in [1.82, 2.24) is 15.2 Å². The van der Waals surface area contributed by atoms with Crippen LogP contribution in [-0.2, 0) is 0 Å². The average Bonchev–Trinajstić information content (AvgIpc) is 2.96. The minimum Gasteiger partial charge on any atom is -0.350 e. The van der Waals surface area contributed by atoms with Crippen LogP contribution in [0.5, 0.6) is 0 Å². The summed E-state index contributed by atoms with van der Waals surface area (Å²) in [5.74, 6) is -0.0915. The molecule has 0 bridgehead atoms. The summed E-state index contributed by atoms with van der Waals surface area (Å²) in [5, 5.41) is 4.62. The highest BCUT2D eigenvalue weighted by Gasteiger charge is 2.15. The van der Waals surface area contributed by atoms with Crippen LogP contribution in [0, 0.1) is 6.92 Å². The van der Waals surface area contributed by atoms with Crippen LogP contribution in [0.25, 0.3) is 21.0 Å². The number of benzene rings is 1. The smallest absolute Gasteiger partial charge is 0.261 e. The molecule has 142 valence electrons. The lowest BCUT2D eigenvalue weighted by molar-refractivity contribution is 0.0952. The fourth-order valence-electron chi connectivity index (χ4n) is 3.79. The van der Waals surface area contributed by atoms with Crippen LogP contribution >= 0.6 is 11.3 Å². The van der Waals surface area contributed by atoms with Crippen molar-refractivity contribution in [3.63, 3.8) is 0 Å². The number of aromatic amines is 1. The van der Waals surface area contributed by atoms with Crippen LogP contribution in [-0.4, -0.2) is 42.0 Å². The average molecular weight is 384 g/mol. The van der Waals surface area contributed by atoms with Gasteiger partial charge in [0.2, 0.25) is 0 Å². The van der Waals surface area contributed by atoms with E-state index in [4.69, 9.17) is 0 Å². The van der Waals surface area contributed by atoms with Crippen molar-refractivity contribution in [2.24, 2.45) is 0 Å². The van der Waals surface area contributed by atoms with E-state index in [0.717, 1.165) is 40.8 Å². The molecule has 1 saturated heterocycles. The zero-order chi connectivity index (χ0) is 18.8. The van der Waals surface area contributed by atoms with Crippen molar-refractivity contribution in [2.75, 3.05) is 26.2 Å². The molecule has 0 radical (unpaired) electrons. The molecule has 0 saturated carbocycles. The van der Waals surface area contributed by atoms with Crippen LogP contribution in [0.4, 0.5) is 0 Å². The number of fused-ring (bicyclic) bond motifs is 3. The van der Waals surface area contributed by atoms with Gasteiger partial charge < -0.3 is 15.2 Å². The Morgan fingerprint density at radius 1 is 1.15 bits per heavy atom. The number of nitrogens with one attached hydrogen (secondary N) is 2. The first-order valence-electron chi connectivity index (χ1n) is 9.68. The first kappa shape index (κ1) is 18.2. The molecule has 6 heteroatoms. The molecule has 1 amide bonds. The summed E-state index contributed by atoms with van der Waals surface area (Å²) >= 11 is 1.40. The van der Waals surface area contributed by atoms with Crippen molar-refractivity contribution in [3.8, 4) is 0 Å². The summed E-state index contributed by atoms with van der Waals surface area (Å²) in [5.41, 5.74) is 1.81. The summed E-state index contributed by atoms with van der Waals surface area (Å²) in [7, 11) is 0. The van der Waals surface area contributed by atoms with Gasteiger partial charge in [-0.15, -0.1) is 11.3 Å². The Kier molecular flexibility index (Phi) is 5.27. The second kappa shape index (κ2) is 7.82. The van der Waals surface area contributed by atoms with Crippen LogP contribution in [0.3, 0.4) is 0 Å². The Bertz CT molecular complexity index is 1030. The van der Waals surface area contributed by atoms with E-state index in [1.807, 2.05) is 19.1 Å². The van der Waals surface area contributed by atoms with Gasteiger partial charge in [-0.1, -0.05) is 24.5 Å². The molecule has 4 rings (SSSR count). The third kappa shape index (κ3) is 3.92. The number of aryl methyl sites for hydroxylation is 1. The molecule has 1 aliphatic rings. The number of carbonyl (C=O) groups excluding carboxylic acids is 1. The second-order valence-electron chi connectivity index (χ2n) is 7.37. The molecular formula is C21H25N3O2S. The molecule has 1 aromatic carbocycles. The predicted octanol–water partition coefficient (Wildman–Crippen LogP) is 3.66. The van der Waals surface area contributed by atoms with Gasteiger partial charge in [0.1, 0.15) is 0 Å². The lowest BCUT2D eigenvalue weighted by Crippen LogP contribution is -2.35. The van der Waals surface area contributed by atoms with E-state index in [-0.39, 0.29) is 11.5 Å². The third-order valence-corrected chi connectivity index (χ3v) is 6.45. The van der Waals surface area contributed by atoms with Crippen LogP contribution in [0.15, 0.2) is 29.1 Å². The molecule has 0 atom stereocenters. The number of rotatable bonds is 4. The molecule has 1 aliphatic heterocycles. The standard InChI is InChI=1S/C21H25N3O2S/c1-14-6-7-17-15(12-14)19-16(20(25)23-17)13-18(27-19)21(26)22-8-11-24-9-4-2-3-5-10-24/h6-7,12-13H,2-5,8-11H2,1H3,(H,22,26)(H,23,25). The fraction of sp³-hybridized carbons (Fsp3) is 0.429.